The molecule has 0 rings (SSSR count). The first kappa shape index (κ1) is 19.8. The number of ether oxygens (including phenoxy) is 1. The molecular weight excluding hydrogens is 284 g/mol. The summed E-state index contributed by atoms with van der Waals surface area (Å²) in [6.45, 7) is 4.90. The molecular formula is C13H28O6S. The van der Waals surface area contributed by atoms with Crippen LogP contribution in [0.25, 0.3) is 0 Å². The van der Waals surface area contributed by atoms with Crippen LogP contribution in [0.2, 0.25) is 0 Å². The summed E-state index contributed by atoms with van der Waals surface area (Å²) in [5.74, 6) is 0. The van der Waals surface area contributed by atoms with Gasteiger partial charge in [-0.05, 0) is 13.3 Å². The molecule has 0 heterocycles. The molecule has 0 radical (unpaired) electrons. The lowest BCUT2D eigenvalue weighted by Gasteiger charge is -2.05. The van der Waals surface area contributed by atoms with Crippen molar-refractivity contribution in [3.63, 3.8) is 0 Å². The first-order valence-corrected chi connectivity index (χ1v) is 8.74. The Labute approximate surface area is 123 Å². The van der Waals surface area contributed by atoms with E-state index in [4.69, 9.17) is 4.74 Å². The topological polar surface area (TPSA) is 71.1 Å². The molecule has 0 aliphatic carbocycles. The molecule has 0 fully saturated rings. The number of hydrogen-bond donors (Lipinski definition) is 0. The van der Waals surface area contributed by atoms with Gasteiger partial charge in [-0.15, -0.1) is 0 Å². The Morgan fingerprint density at radius 2 is 1.45 bits per heavy atom. The van der Waals surface area contributed by atoms with Crippen molar-refractivity contribution < 1.29 is 26.6 Å². The minimum atomic E-state index is -4.07. The van der Waals surface area contributed by atoms with E-state index in [1.165, 1.54) is 25.7 Å². The molecule has 0 aromatic heterocycles. The highest BCUT2D eigenvalue weighted by Crippen LogP contribution is 2.07. The van der Waals surface area contributed by atoms with Gasteiger partial charge in [0.25, 0.3) is 0 Å². The van der Waals surface area contributed by atoms with Crippen LogP contribution < -0.4 is 0 Å². The van der Waals surface area contributed by atoms with Gasteiger partial charge in [0.15, 0.2) is 0 Å². The van der Waals surface area contributed by atoms with E-state index in [1.54, 1.807) is 0 Å². The average molecular weight is 312 g/mol. The van der Waals surface area contributed by atoms with Gasteiger partial charge in [-0.3, -0.25) is 0 Å². The van der Waals surface area contributed by atoms with Crippen LogP contribution in [0.1, 0.15) is 58.8 Å². The number of rotatable bonds is 15. The summed E-state index contributed by atoms with van der Waals surface area (Å²) in [6.07, 6.45) is 7.92. The fraction of sp³-hybridized carbons (Fsp3) is 1.00. The van der Waals surface area contributed by atoms with Crippen LogP contribution in [-0.4, -0.2) is 34.8 Å². The van der Waals surface area contributed by atoms with E-state index in [1.807, 2.05) is 6.92 Å². The number of hydrogen-bond acceptors (Lipinski definition) is 6. The lowest BCUT2D eigenvalue weighted by atomic mass is 10.1. The third-order valence-corrected chi connectivity index (χ3v) is 3.34. The van der Waals surface area contributed by atoms with Crippen molar-refractivity contribution in [3.8, 4) is 0 Å². The average Bonchev–Trinajstić information content (AvgIpc) is 2.42. The van der Waals surface area contributed by atoms with Gasteiger partial charge in [0.1, 0.15) is 0 Å². The van der Waals surface area contributed by atoms with E-state index in [0.29, 0.717) is 6.61 Å². The molecule has 0 amide bonds. The maximum Gasteiger partial charge on any atom is 0.426 e. The van der Waals surface area contributed by atoms with Crippen molar-refractivity contribution in [2.45, 2.75) is 58.8 Å². The Kier molecular flexibility index (Phi) is 13.6. The van der Waals surface area contributed by atoms with Crippen LogP contribution >= 0.6 is 0 Å². The molecule has 0 saturated heterocycles. The van der Waals surface area contributed by atoms with Gasteiger partial charge in [-0.1, -0.05) is 49.8 Å². The van der Waals surface area contributed by atoms with E-state index >= 15 is 0 Å². The summed E-state index contributed by atoms with van der Waals surface area (Å²) >= 11 is 0. The second-order valence-corrected chi connectivity index (χ2v) is 5.63. The predicted molar refractivity (Wildman–Crippen MR) is 76.4 cm³/mol. The third kappa shape index (κ3) is 14.2. The molecule has 122 valence electrons. The number of unbranched alkanes of at least 4 members (excludes halogenated alkanes) is 6. The molecule has 0 N–H and O–H groups in total. The van der Waals surface area contributed by atoms with Crippen LogP contribution in [-0.2, 0) is 28.5 Å². The quantitative estimate of drug-likeness (QED) is 0.263. The zero-order valence-electron chi connectivity index (χ0n) is 12.6. The Hall–Kier alpha value is -0.210. The summed E-state index contributed by atoms with van der Waals surface area (Å²) < 4.78 is 36.0. The summed E-state index contributed by atoms with van der Waals surface area (Å²) in [4.78, 5) is 4.63. The maximum atomic E-state index is 11.2. The zero-order chi connectivity index (χ0) is 15.1. The van der Waals surface area contributed by atoms with Crippen LogP contribution in [0.5, 0.6) is 0 Å². The Balaban J connectivity index is 3.35. The second kappa shape index (κ2) is 13.8. The highest BCUT2D eigenvalue weighted by Gasteiger charge is 2.12. The fourth-order valence-corrected chi connectivity index (χ4v) is 2.07. The van der Waals surface area contributed by atoms with Crippen molar-refractivity contribution >= 4 is 10.4 Å². The molecule has 0 aliphatic heterocycles. The van der Waals surface area contributed by atoms with Crippen LogP contribution in [0.15, 0.2) is 0 Å². The summed E-state index contributed by atoms with van der Waals surface area (Å²) in [5, 5.41) is 0. The molecule has 20 heavy (non-hydrogen) atoms. The zero-order valence-corrected chi connectivity index (χ0v) is 13.5. The monoisotopic (exact) mass is 312 g/mol. The Morgan fingerprint density at radius 3 is 2.10 bits per heavy atom. The molecule has 0 aromatic carbocycles. The Bertz CT molecular complexity index is 291. The van der Waals surface area contributed by atoms with Crippen LogP contribution in [0.4, 0.5) is 0 Å². The SMILES string of the molecule is CCCCCCCCCOOS(=O)(=O)OCCOCC. The van der Waals surface area contributed by atoms with Crippen molar-refractivity contribution in [2.24, 2.45) is 0 Å². The van der Waals surface area contributed by atoms with Gasteiger partial charge in [0.2, 0.25) is 0 Å². The van der Waals surface area contributed by atoms with Crippen molar-refractivity contribution in [1.29, 1.82) is 0 Å². The van der Waals surface area contributed by atoms with E-state index < -0.39 is 10.4 Å². The van der Waals surface area contributed by atoms with Crippen LogP contribution in [0.3, 0.4) is 0 Å². The summed E-state index contributed by atoms with van der Waals surface area (Å²) in [5.41, 5.74) is 0. The van der Waals surface area contributed by atoms with E-state index in [0.717, 1.165) is 19.3 Å². The minimum Gasteiger partial charge on any atom is -0.379 e. The summed E-state index contributed by atoms with van der Waals surface area (Å²) in [6, 6.07) is 0. The third-order valence-electron chi connectivity index (χ3n) is 2.62. The first-order chi connectivity index (χ1) is 9.62. The van der Waals surface area contributed by atoms with E-state index in [-0.39, 0.29) is 19.8 Å². The minimum absolute atomic E-state index is 0.0725. The maximum absolute atomic E-state index is 11.2. The molecule has 7 heteroatoms. The largest absolute Gasteiger partial charge is 0.426 e. The van der Waals surface area contributed by atoms with Gasteiger partial charge in [-0.2, -0.15) is 8.42 Å². The molecule has 0 saturated carbocycles. The molecule has 0 aromatic rings. The fourth-order valence-electron chi connectivity index (χ4n) is 1.57. The van der Waals surface area contributed by atoms with Gasteiger partial charge in [-0.25, -0.2) is 9.07 Å². The van der Waals surface area contributed by atoms with E-state index in [2.05, 4.69) is 20.3 Å². The lowest BCUT2D eigenvalue weighted by Crippen LogP contribution is -2.14. The van der Waals surface area contributed by atoms with Gasteiger partial charge >= 0.3 is 10.4 Å². The normalized spacial score (nSPS) is 11.9. The Morgan fingerprint density at radius 1 is 0.800 bits per heavy atom. The van der Waals surface area contributed by atoms with Gasteiger partial charge in [0, 0.05) is 6.61 Å². The highest BCUT2D eigenvalue weighted by atomic mass is 32.3. The molecule has 0 bridgehead atoms. The summed E-state index contributed by atoms with van der Waals surface area (Å²) in [7, 11) is -4.07. The predicted octanol–water partition coefficient (Wildman–Crippen LogP) is 2.98. The van der Waals surface area contributed by atoms with E-state index in [9.17, 15) is 8.42 Å². The molecule has 0 unspecified atom stereocenters. The standard InChI is InChI=1S/C13H28O6S/c1-3-5-6-7-8-9-10-11-17-19-20(14,15)18-13-12-16-4-2/h3-13H2,1-2H3. The van der Waals surface area contributed by atoms with Gasteiger partial charge < -0.3 is 4.74 Å². The highest BCUT2D eigenvalue weighted by molar-refractivity contribution is 7.81. The van der Waals surface area contributed by atoms with Crippen molar-refractivity contribution in [1.82, 2.24) is 0 Å². The lowest BCUT2D eigenvalue weighted by molar-refractivity contribution is -0.210. The smallest absolute Gasteiger partial charge is 0.379 e. The second-order valence-electron chi connectivity index (χ2n) is 4.44. The van der Waals surface area contributed by atoms with Crippen molar-refractivity contribution in [3.05, 3.63) is 0 Å². The van der Waals surface area contributed by atoms with Crippen molar-refractivity contribution in [2.75, 3.05) is 26.4 Å². The van der Waals surface area contributed by atoms with Crippen LogP contribution in [0, 0.1) is 0 Å². The van der Waals surface area contributed by atoms with Gasteiger partial charge in [0.05, 0.1) is 19.8 Å². The molecule has 0 aliphatic rings. The molecule has 0 atom stereocenters. The molecule has 6 nitrogen and oxygen atoms in total. The first-order valence-electron chi connectivity index (χ1n) is 7.40. The molecule has 0 spiro atoms.